The standard InChI is InChI=1S/C36H51FN2O3.ClH/c1-4-5-6-7-8-9-10-11-12-13-22-36(28-38,31-16-19-33(41-2)34(27-31)42-3)23-26-39-24-20-30(21-25-39)35(40)29-14-17-32(37)18-15-29;/h14-19,27,30H,4-13,20-26H2,1-3H3;1H. The van der Waals surface area contributed by atoms with E-state index in [0.717, 1.165) is 63.7 Å². The molecule has 3 rings (SSSR count). The van der Waals surface area contributed by atoms with Gasteiger partial charge < -0.3 is 14.4 Å². The monoisotopic (exact) mass is 614 g/mol. The minimum Gasteiger partial charge on any atom is -0.493 e. The molecule has 0 aliphatic carbocycles. The van der Waals surface area contributed by atoms with Crippen molar-refractivity contribution >= 4 is 18.2 Å². The predicted octanol–water partition coefficient (Wildman–Crippen LogP) is 9.32. The summed E-state index contributed by atoms with van der Waals surface area (Å²) in [4.78, 5) is 15.3. The molecule has 0 amide bonds. The first-order valence-corrected chi connectivity index (χ1v) is 16.1. The number of halogens is 2. The second-order valence-electron chi connectivity index (χ2n) is 11.9. The molecule has 238 valence electrons. The number of unbranched alkanes of at least 4 members (excludes halogenated alkanes) is 9. The third kappa shape index (κ3) is 11.1. The number of rotatable bonds is 19. The van der Waals surface area contributed by atoms with Gasteiger partial charge in [-0.2, -0.15) is 5.26 Å². The lowest BCUT2D eigenvalue weighted by molar-refractivity contribution is 0.0835. The van der Waals surface area contributed by atoms with Crippen molar-refractivity contribution < 1.29 is 18.7 Å². The number of likely N-dealkylation sites (tertiary alicyclic amines) is 1. The van der Waals surface area contributed by atoms with E-state index in [-0.39, 0.29) is 29.9 Å². The molecule has 0 radical (unpaired) electrons. The van der Waals surface area contributed by atoms with E-state index in [1.165, 1.54) is 63.5 Å². The van der Waals surface area contributed by atoms with Gasteiger partial charge in [-0.15, -0.1) is 12.4 Å². The lowest BCUT2D eigenvalue weighted by Gasteiger charge is -2.35. The van der Waals surface area contributed by atoms with Crippen LogP contribution in [-0.4, -0.2) is 44.5 Å². The number of Topliss-reactive ketones (excluding diaryl/α,β-unsaturated/α-hetero) is 1. The highest BCUT2D eigenvalue weighted by Crippen LogP contribution is 2.39. The summed E-state index contributed by atoms with van der Waals surface area (Å²) in [5, 5.41) is 10.6. The normalized spacial score (nSPS) is 15.2. The van der Waals surface area contributed by atoms with Crippen molar-refractivity contribution in [2.45, 2.75) is 102 Å². The van der Waals surface area contributed by atoms with Crippen LogP contribution in [0.4, 0.5) is 4.39 Å². The summed E-state index contributed by atoms with van der Waals surface area (Å²) in [5.74, 6) is 1.06. The van der Waals surface area contributed by atoms with Crippen molar-refractivity contribution in [2.24, 2.45) is 5.92 Å². The second-order valence-corrected chi connectivity index (χ2v) is 11.9. The van der Waals surface area contributed by atoms with Gasteiger partial charge in [0.1, 0.15) is 5.82 Å². The lowest BCUT2D eigenvalue weighted by Crippen LogP contribution is -2.39. The van der Waals surface area contributed by atoms with Crippen LogP contribution < -0.4 is 9.47 Å². The topological polar surface area (TPSA) is 62.6 Å². The fourth-order valence-corrected chi connectivity index (χ4v) is 6.26. The Balaban J connectivity index is 0.00000645. The maximum Gasteiger partial charge on any atom is 0.166 e. The molecule has 0 bridgehead atoms. The van der Waals surface area contributed by atoms with Crippen LogP contribution in [0.2, 0.25) is 0 Å². The van der Waals surface area contributed by atoms with Crippen LogP contribution in [-0.2, 0) is 5.41 Å². The van der Waals surface area contributed by atoms with Crippen LogP contribution in [0.15, 0.2) is 42.5 Å². The first-order chi connectivity index (χ1) is 20.5. The van der Waals surface area contributed by atoms with E-state index in [1.807, 2.05) is 18.2 Å². The summed E-state index contributed by atoms with van der Waals surface area (Å²) in [5.41, 5.74) is 0.962. The van der Waals surface area contributed by atoms with Crippen molar-refractivity contribution in [1.29, 1.82) is 5.26 Å². The second kappa shape index (κ2) is 19.6. The van der Waals surface area contributed by atoms with Gasteiger partial charge in [0.15, 0.2) is 17.3 Å². The molecule has 7 heteroatoms. The van der Waals surface area contributed by atoms with E-state index in [0.29, 0.717) is 17.1 Å². The number of nitrogens with zero attached hydrogens (tertiary/aromatic N) is 2. The fourth-order valence-electron chi connectivity index (χ4n) is 6.26. The van der Waals surface area contributed by atoms with Gasteiger partial charge in [-0.1, -0.05) is 77.2 Å². The number of ketones is 1. The molecule has 0 aromatic heterocycles. The summed E-state index contributed by atoms with van der Waals surface area (Å²) in [6, 6.07) is 14.5. The van der Waals surface area contributed by atoms with Gasteiger partial charge in [0.05, 0.1) is 25.7 Å². The van der Waals surface area contributed by atoms with E-state index in [2.05, 4.69) is 17.9 Å². The molecule has 0 saturated carbocycles. The first-order valence-electron chi connectivity index (χ1n) is 16.1. The molecular weight excluding hydrogens is 563 g/mol. The smallest absolute Gasteiger partial charge is 0.166 e. The quantitative estimate of drug-likeness (QED) is 0.116. The molecule has 5 nitrogen and oxygen atoms in total. The van der Waals surface area contributed by atoms with Gasteiger partial charge in [0.25, 0.3) is 0 Å². The Labute approximate surface area is 265 Å². The third-order valence-electron chi connectivity index (χ3n) is 9.05. The number of hydrogen-bond acceptors (Lipinski definition) is 5. The summed E-state index contributed by atoms with van der Waals surface area (Å²) >= 11 is 0. The first kappa shape index (κ1) is 36.6. The molecule has 1 unspecified atom stereocenters. The van der Waals surface area contributed by atoms with Gasteiger partial charge in [-0.3, -0.25) is 4.79 Å². The van der Waals surface area contributed by atoms with E-state index in [1.54, 1.807) is 26.4 Å². The summed E-state index contributed by atoms with van der Waals surface area (Å²) in [6.07, 6.45) is 15.7. The van der Waals surface area contributed by atoms with E-state index in [9.17, 15) is 14.4 Å². The van der Waals surface area contributed by atoms with Gasteiger partial charge in [-0.05, 0) is 87.3 Å². The van der Waals surface area contributed by atoms with E-state index < -0.39 is 5.41 Å². The summed E-state index contributed by atoms with van der Waals surface area (Å²) in [7, 11) is 3.26. The largest absolute Gasteiger partial charge is 0.493 e. The third-order valence-corrected chi connectivity index (χ3v) is 9.05. The average molecular weight is 615 g/mol. The number of carbonyl (C=O) groups excluding carboxylic acids is 1. The Bertz CT molecular complexity index is 1130. The highest BCUT2D eigenvalue weighted by atomic mass is 35.5. The van der Waals surface area contributed by atoms with Gasteiger partial charge >= 0.3 is 0 Å². The minimum atomic E-state index is -0.611. The van der Waals surface area contributed by atoms with Crippen molar-refractivity contribution in [2.75, 3.05) is 33.9 Å². The summed E-state index contributed by atoms with van der Waals surface area (Å²) < 4.78 is 24.4. The zero-order valence-electron chi connectivity index (χ0n) is 26.5. The molecule has 0 spiro atoms. The molecule has 1 heterocycles. The summed E-state index contributed by atoms with van der Waals surface area (Å²) in [6.45, 7) is 4.70. The number of nitriles is 1. The Hall–Kier alpha value is -2.62. The zero-order valence-corrected chi connectivity index (χ0v) is 27.4. The average Bonchev–Trinajstić information content (AvgIpc) is 3.03. The molecule has 43 heavy (non-hydrogen) atoms. The molecular formula is C36H52ClFN2O3. The van der Waals surface area contributed by atoms with Crippen LogP contribution >= 0.6 is 12.4 Å². The van der Waals surface area contributed by atoms with Crippen molar-refractivity contribution in [3.8, 4) is 17.6 Å². The SMILES string of the molecule is CCCCCCCCCCCCC(C#N)(CCN1CCC(C(=O)c2ccc(F)cc2)CC1)c1ccc(OC)c(OC)c1.Cl. The van der Waals surface area contributed by atoms with Crippen molar-refractivity contribution in [3.63, 3.8) is 0 Å². The predicted molar refractivity (Wildman–Crippen MR) is 175 cm³/mol. The van der Waals surface area contributed by atoms with Crippen LogP contribution in [0.1, 0.15) is 113 Å². The number of methoxy groups -OCH3 is 2. The number of carbonyl (C=O) groups is 1. The Morgan fingerprint density at radius 2 is 1.47 bits per heavy atom. The number of benzene rings is 2. The number of piperidine rings is 1. The number of hydrogen-bond donors (Lipinski definition) is 0. The molecule has 1 saturated heterocycles. The molecule has 2 aromatic carbocycles. The Morgan fingerprint density at radius 1 is 0.884 bits per heavy atom. The van der Waals surface area contributed by atoms with Gasteiger partial charge in [0.2, 0.25) is 0 Å². The maximum absolute atomic E-state index is 13.3. The van der Waals surface area contributed by atoms with Crippen LogP contribution in [0.3, 0.4) is 0 Å². The Morgan fingerprint density at radius 3 is 2.02 bits per heavy atom. The van der Waals surface area contributed by atoms with Gasteiger partial charge in [-0.25, -0.2) is 4.39 Å². The van der Waals surface area contributed by atoms with Gasteiger partial charge in [0, 0.05) is 11.5 Å². The zero-order chi connectivity index (χ0) is 30.2. The minimum absolute atomic E-state index is 0. The molecule has 0 N–H and O–H groups in total. The lowest BCUT2D eigenvalue weighted by atomic mass is 9.74. The molecule has 1 aliphatic heterocycles. The highest BCUT2D eigenvalue weighted by molar-refractivity contribution is 5.97. The highest BCUT2D eigenvalue weighted by Gasteiger charge is 2.34. The molecule has 2 aromatic rings. The van der Waals surface area contributed by atoms with Crippen LogP contribution in [0.5, 0.6) is 11.5 Å². The van der Waals surface area contributed by atoms with Crippen molar-refractivity contribution in [3.05, 3.63) is 59.4 Å². The van der Waals surface area contributed by atoms with E-state index >= 15 is 0 Å². The molecule has 1 aliphatic rings. The fraction of sp³-hybridized carbons (Fsp3) is 0.611. The maximum atomic E-state index is 13.3. The van der Waals surface area contributed by atoms with Crippen LogP contribution in [0.25, 0.3) is 0 Å². The van der Waals surface area contributed by atoms with Crippen molar-refractivity contribution in [1.82, 2.24) is 4.90 Å². The Kier molecular flexibility index (Phi) is 16.7. The number of ether oxygens (including phenoxy) is 2. The molecule has 1 fully saturated rings. The van der Waals surface area contributed by atoms with E-state index in [4.69, 9.17) is 9.47 Å². The molecule has 1 atom stereocenters. The van der Waals surface area contributed by atoms with Crippen LogP contribution in [0, 0.1) is 23.1 Å².